The van der Waals surface area contributed by atoms with Crippen LogP contribution in [0, 0.1) is 0 Å². The van der Waals surface area contributed by atoms with Gasteiger partial charge in [0.05, 0.1) is 17.7 Å². The first-order valence-electron chi connectivity index (χ1n) is 6.67. The molecule has 0 bridgehead atoms. The third-order valence-electron chi connectivity index (χ3n) is 3.01. The van der Waals surface area contributed by atoms with Crippen molar-refractivity contribution in [2.24, 2.45) is 0 Å². The topological polar surface area (TPSA) is 42.0 Å². The second-order valence-corrected chi connectivity index (χ2v) is 6.01. The third-order valence-corrected chi connectivity index (χ3v) is 3.78. The average Bonchev–Trinajstić information content (AvgIpc) is 2.86. The maximum Gasteiger partial charge on any atom is 0.416 e. The van der Waals surface area contributed by atoms with E-state index >= 15 is 0 Å². The number of alkyl halides is 3. The quantitative estimate of drug-likeness (QED) is 0.900. The number of aromatic nitrogens is 1. The van der Waals surface area contributed by atoms with Gasteiger partial charge in [0.15, 0.2) is 5.13 Å². The van der Waals surface area contributed by atoms with Crippen LogP contribution in [0.1, 0.15) is 36.6 Å². The van der Waals surface area contributed by atoms with E-state index in [9.17, 15) is 18.0 Å². The highest BCUT2D eigenvalue weighted by Gasteiger charge is 2.29. The Morgan fingerprint density at radius 3 is 2.41 bits per heavy atom. The van der Waals surface area contributed by atoms with Crippen LogP contribution in [0.3, 0.4) is 0 Å². The number of benzene rings is 1. The van der Waals surface area contributed by atoms with E-state index in [2.05, 4.69) is 10.3 Å². The van der Waals surface area contributed by atoms with Gasteiger partial charge in [-0.05, 0) is 23.6 Å². The molecule has 0 aliphatic heterocycles. The van der Waals surface area contributed by atoms with E-state index in [1.165, 1.54) is 23.5 Å². The molecule has 0 aliphatic rings. The zero-order valence-corrected chi connectivity index (χ0v) is 12.9. The Balaban J connectivity index is 1.96. The van der Waals surface area contributed by atoms with Gasteiger partial charge < -0.3 is 5.32 Å². The van der Waals surface area contributed by atoms with Crippen LogP contribution in [0.5, 0.6) is 0 Å². The molecule has 0 aliphatic carbocycles. The molecule has 1 aromatic heterocycles. The molecule has 1 heterocycles. The van der Waals surface area contributed by atoms with Gasteiger partial charge in [-0.15, -0.1) is 11.3 Å². The van der Waals surface area contributed by atoms with E-state index < -0.39 is 11.7 Å². The van der Waals surface area contributed by atoms with Gasteiger partial charge in [0.1, 0.15) is 0 Å². The van der Waals surface area contributed by atoms with Crippen molar-refractivity contribution in [3.8, 4) is 0 Å². The minimum atomic E-state index is -4.37. The van der Waals surface area contributed by atoms with Gasteiger partial charge >= 0.3 is 6.18 Å². The van der Waals surface area contributed by atoms with Gasteiger partial charge in [-0.3, -0.25) is 4.79 Å². The van der Waals surface area contributed by atoms with Gasteiger partial charge in [-0.2, -0.15) is 13.2 Å². The molecule has 2 aromatic rings. The SMILES string of the molecule is CC(C)c1csc(NC(=O)Cc2ccc(C(F)(F)F)cc2)n1. The highest BCUT2D eigenvalue weighted by atomic mass is 32.1. The predicted molar refractivity (Wildman–Crippen MR) is 80.0 cm³/mol. The van der Waals surface area contributed by atoms with Crippen LogP contribution in [0.25, 0.3) is 0 Å². The van der Waals surface area contributed by atoms with Crippen LogP contribution in [-0.4, -0.2) is 10.9 Å². The van der Waals surface area contributed by atoms with E-state index in [1.807, 2.05) is 19.2 Å². The van der Waals surface area contributed by atoms with Crippen LogP contribution >= 0.6 is 11.3 Å². The monoisotopic (exact) mass is 328 g/mol. The van der Waals surface area contributed by atoms with Crippen molar-refractivity contribution in [1.82, 2.24) is 4.98 Å². The van der Waals surface area contributed by atoms with E-state index in [1.54, 1.807) is 0 Å². The summed E-state index contributed by atoms with van der Waals surface area (Å²) < 4.78 is 37.4. The lowest BCUT2D eigenvalue weighted by atomic mass is 10.1. The molecule has 0 saturated carbocycles. The minimum absolute atomic E-state index is 0.00866. The van der Waals surface area contributed by atoms with Crippen LogP contribution < -0.4 is 5.32 Å². The third kappa shape index (κ3) is 4.30. The fourth-order valence-corrected chi connectivity index (χ4v) is 2.66. The highest BCUT2D eigenvalue weighted by Crippen LogP contribution is 2.29. The van der Waals surface area contributed by atoms with Gasteiger partial charge in [0.25, 0.3) is 0 Å². The molecule has 7 heteroatoms. The van der Waals surface area contributed by atoms with E-state index in [0.717, 1.165) is 17.8 Å². The molecule has 3 nitrogen and oxygen atoms in total. The Labute approximate surface area is 130 Å². The van der Waals surface area contributed by atoms with Gasteiger partial charge in [0, 0.05) is 5.38 Å². The summed E-state index contributed by atoms with van der Waals surface area (Å²) in [6, 6.07) is 4.57. The van der Waals surface area contributed by atoms with Gasteiger partial charge in [0.2, 0.25) is 5.91 Å². The highest BCUT2D eigenvalue weighted by molar-refractivity contribution is 7.13. The zero-order valence-electron chi connectivity index (χ0n) is 12.1. The van der Waals surface area contributed by atoms with E-state index in [4.69, 9.17) is 0 Å². The van der Waals surface area contributed by atoms with Crippen LogP contribution in [0.2, 0.25) is 0 Å². The van der Waals surface area contributed by atoms with Gasteiger partial charge in [-0.25, -0.2) is 4.98 Å². The number of hydrogen-bond acceptors (Lipinski definition) is 3. The maximum atomic E-state index is 12.5. The van der Waals surface area contributed by atoms with Crippen molar-refractivity contribution in [2.45, 2.75) is 32.4 Å². The number of thiazole rings is 1. The molecule has 118 valence electrons. The molecule has 0 atom stereocenters. The lowest BCUT2D eigenvalue weighted by molar-refractivity contribution is -0.137. The molecule has 0 radical (unpaired) electrons. The van der Waals surface area contributed by atoms with Crippen molar-refractivity contribution >= 4 is 22.4 Å². The molecule has 1 N–H and O–H groups in total. The molecular weight excluding hydrogens is 313 g/mol. The smallest absolute Gasteiger partial charge is 0.302 e. The summed E-state index contributed by atoms with van der Waals surface area (Å²) in [5, 5.41) is 5.03. The number of amides is 1. The van der Waals surface area contributed by atoms with Crippen molar-refractivity contribution in [3.05, 3.63) is 46.5 Å². The summed E-state index contributed by atoms with van der Waals surface area (Å²) >= 11 is 1.33. The Morgan fingerprint density at radius 2 is 1.91 bits per heavy atom. The summed E-state index contributed by atoms with van der Waals surface area (Å²) in [5.41, 5.74) is 0.694. The Morgan fingerprint density at radius 1 is 1.27 bits per heavy atom. The van der Waals surface area contributed by atoms with Crippen LogP contribution in [-0.2, 0) is 17.4 Å². The molecule has 1 aromatic carbocycles. The first kappa shape index (κ1) is 16.5. The number of hydrogen-bond donors (Lipinski definition) is 1. The number of carbonyl (C=O) groups excluding carboxylic acids is 1. The first-order chi connectivity index (χ1) is 10.3. The van der Waals surface area contributed by atoms with Crippen LogP contribution in [0.15, 0.2) is 29.6 Å². The molecule has 0 spiro atoms. The molecule has 2 rings (SSSR count). The molecule has 1 amide bonds. The van der Waals surface area contributed by atoms with Gasteiger partial charge in [-0.1, -0.05) is 26.0 Å². The number of nitrogens with zero attached hydrogens (tertiary/aromatic N) is 1. The Bertz CT molecular complexity index is 648. The molecule has 22 heavy (non-hydrogen) atoms. The molecule has 0 fully saturated rings. The molecular formula is C15H15F3N2OS. The normalized spacial score (nSPS) is 11.7. The maximum absolute atomic E-state index is 12.5. The van der Waals surface area contributed by atoms with Crippen molar-refractivity contribution < 1.29 is 18.0 Å². The second-order valence-electron chi connectivity index (χ2n) is 5.15. The van der Waals surface area contributed by atoms with E-state index in [-0.39, 0.29) is 18.2 Å². The first-order valence-corrected chi connectivity index (χ1v) is 7.55. The standard InChI is InChI=1S/C15H15F3N2OS/c1-9(2)12-8-22-14(19-12)20-13(21)7-10-3-5-11(6-4-10)15(16,17)18/h3-6,8-9H,7H2,1-2H3,(H,19,20,21). The molecule has 0 unspecified atom stereocenters. The fourth-order valence-electron chi connectivity index (χ4n) is 1.77. The summed E-state index contributed by atoms with van der Waals surface area (Å²) in [5.74, 6) is -0.0266. The fraction of sp³-hybridized carbons (Fsp3) is 0.333. The number of halogens is 3. The zero-order chi connectivity index (χ0) is 16.3. The Hall–Kier alpha value is -1.89. The lowest BCUT2D eigenvalue weighted by Gasteiger charge is -2.07. The van der Waals surface area contributed by atoms with E-state index in [0.29, 0.717) is 10.7 Å². The van der Waals surface area contributed by atoms with Crippen molar-refractivity contribution in [1.29, 1.82) is 0 Å². The largest absolute Gasteiger partial charge is 0.416 e. The number of nitrogens with one attached hydrogen (secondary N) is 1. The Kier molecular flexibility index (Phi) is 4.85. The summed E-state index contributed by atoms with van der Waals surface area (Å²) in [7, 11) is 0. The van der Waals surface area contributed by atoms with Crippen molar-refractivity contribution in [3.63, 3.8) is 0 Å². The number of rotatable bonds is 4. The average molecular weight is 328 g/mol. The molecule has 0 saturated heterocycles. The lowest BCUT2D eigenvalue weighted by Crippen LogP contribution is -2.14. The number of anilines is 1. The summed E-state index contributed by atoms with van der Waals surface area (Å²) in [6.07, 6.45) is -4.36. The van der Waals surface area contributed by atoms with Crippen LogP contribution in [0.4, 0.5) is 18.3 Å². The van der Waals surface area contributed by atoms with Crippen molar-refractivity contribution in [2.75, 3.05) is 5.32 Å². The summed E-state index contributed by atoms with van der Waals surface area (Å²) in [6.45, 7) is 4.01. The number of carbonyl (C=O) groups is 1. The predicted octanol–water partition coefficient (Wildman–Crippen LogP) is 4.47. The second kappa shape index (κ2) is 6.48. The summed E-state index contributed by atoms with van der Waals surface area (Å²) in [4.78, 5) is 16.2. The minimum Gasteiger partial charge on any atom is -0.302 e.